The summed E-state index contributed by atoms with van der Waals surface area (Å²) >= 11 is 0. The lowest BCUT2D eigenvalue weighted by molar-refractivity contribution is -0.115. The minimum atomic E-state index is -1.27. The third-order valence-corrected chi connectivity index (χ3v) is 2.69. The van der Waals surface area contributed by atoms with E-state index in [9.17, 15) is 18.4 Å². The Labute approximate surface area is 118 Å². The zero-order valence-electron chi connectivity index (χ0n) is 10.6. The van der Waals surface area contributed by atoms with Crippen molar-refractivity contribution in [2.24, 2.45) is 0 Å². The van der Waals surface area contributed by atoms with Gasteiger partial charge in [0.25, 0.3) is 0 Å². The molecule has 2 rings (SSSR count). The molecule has 1 aromatic carbocycles. The van der Waals surface area contributed by atoms with Crippen LogP contribution in [0.25, 0.3) is 0 Å². The maximum atomic E-state index is 13.4. The summed E-state index contributed by atoms with van der Waals surface area (Å²) in [6.07, 6.45) is 0.736. The summed E-state index contributed by atoms with van der Waals surface area (Å²) in [4.78, 5) is 26.5. The zero-order chi connectivity index (χ0) is 15.4. The number of aromatic nitrogens is 1. The molecule has 0 radical (unpaired) electrons. The Morgan fingerprint density at radius 1 is 1.14 bits per heavy atom. The molecular weight excluding hydrogens is 282 g/mol. The molecule has 7 heteroatoms. The number of nitrogens with zero attached hydrogens (tertiary/aromatic N) is 1. The normalized spacial score (nSPS) is 10.2. The van der Waals surface area contributed by atoms with E-state index in [4.69, 9.17) is 5.11 Å². The second kappa shape index (κ2) is 6.08. The number of hydrogen-bond acceptors (Lipinski definition) is 3. The first-order chi connectivity index (χ1) is 9.99. The lowest BCUT2D eigenvalue weighted by Crippen LogP contribution is -2.19. The highest BCUT2D eigenvalue weighted by atomic mass is 19.1. The van der Waals surface area contributed by atoms with Crippen LogP contribution in [-0.4, -0.2) is 22.0 Å². The highest BCUT2D eigenvalue weighted by molar-refractivity contribution is 5.99. The van der Waals surface area contributed by atoms with E-state index in [0.717, 1.165) is 12.1 Å². The van der Waals surface area contributed by atoms with E-state index in [1.54, 1.807) is 0 Å². The fraction of sp³-hybridized carbons (Fsp3) is 0.0714. The number of rotatable bonds is 4. The lowest BCUT2D eigenvalue weighted by atomic mass is 10.1. The highest BCUT2D eigenvalue weighted by Crippen LogP contribution is 2.15. The van der Waals surface area contributed by atoms with Crippen molar-refractivity contribution in [3.63, 3.8) is 0 Å². The second-order valence-electron chi connectivity index (χ2n) is 4.13. The van der Waals surface area contributed by atoms with Gasteiger partial charge >= 0.3 is 5.97 Å². The monoisotopic (exact) mass is 292 g/mol. The summed E-state index contributed by atoms with van der Waals surface area (Å²) in [6.45, 7) is 0. The molecule has 0 aliphatic heterocycles. The van der Waals surface area contributed by atoms with Crippen LogP contribution < -0.4 is 5.32 Å². The SMILES string of the molecule is O=C(Cc1c(F)cccc1F)Nc1ncccc1C(=O)O. The lowest BCUT2D eigenvalue weighted by Gasteiger charge is -2.08. The minimum Gasteiger partial charge on any atom is -0.478 e. The highest BCUT2D eigenvalue weighted by Gasteiger charge is 2.16. The Kier molecular flexibility index (Phi) is 4.22. The fourth-order valence-corrected chi connectivity index (χ4v) is 1.72. The molecule has 0 aliphatic carbocycles. The van der Waals surface area contributed by atoms with Gasteiger partial charge in [0.1, 0.15) is 23.0 Å². The molecule has 1 amide bonds. The quantitative estimate of drug-likeness (QED) is 0.905. The molecule has 0 saturated carbocycles. The molecule has 2 N–H and O–H groups in total. The first-order valence-corrected chi connectivity index (χ1v) is 5.90. The molecular formula is C14H10F2N2O3. The number of halogens is 2. The predicted molar refractivity (Wildman–Crippen MR) is 69.9 cm³/mol. The molecule has 0 unspecified atom stereocenters. The average Bonchev–Trinajstić information content (AvgIpc) is 2.43. The summed E-state index contributed by atoms with van der Waals surface area (Å²) in [5.41, 5.74) is -0.595. The number of carbonyl (C=O) groups is 2. The number of pyridine rings is 1. The van der Waals surface area contributed by atoms with Crippen LogP contribution in [0, 0.1) is 11.6 Å². The Morgan fingerprint density at radius 2 is 1.81 bits per heavy atom. The van der Waals surface area contributed by atoms with Crippen LogP contribution in [0.4, 0.5) is 14.6 Å². The van der Waals surface area contributed by atoms with Gasteiger partial charge in [-0.1, -0.05) is 6.07 Å². The van der Waals surface area contributed by atoms with E-state index in [0.29, 0.717) is 0 Å². The van der Waals surface area contributed by atoms with Crippen LogP contribution in [0.1, 0.15) is 15.9 Å². The molecule has 0 fully saturated rings. The van der Waals surface area contributed by atoms with E-state index in [-0.39, 0.29) is 16.9 Å². The summed E-state index contributed by atoms with van der Waals surface area (Å²) < 4.78 is 26.9. The predicted octanol–water partition coefficient (Wildman–Crippen LogP) is 2.24. The Balaban J connectivity index is 2.18. The van der Waals surface area contributed by atoms with E-state index in [2.05, 4.69) is 10.3 Å². The number of carbonyl (C=O) groups excluding carboxylic acids is 1. The van der Waals surface area contributed by atoms with E-state index in [1.807, 2.05) is 0 Å². The number of amides is 1. The van der Waals surface area contributed by atoms with Gasteiger partial charge in [0, 0.05) is 11.8 Å². The van der Waals surface area contributed by atoms with Crippen molar-refractivity contribution in [1.82, 2.24) is 4.98 Å². The van der Waals surface area contributed by atoms with Crippen molar-refractivity contribution in [3.05, 3.63) is 59.3 Å². The van der Waals surface area contributed by atoms with Crippen molar-refractivity contribution in [1.29, 1.82) is 0 Å². The fourth-order valence-electron chi connectivity index (χ4n) is 1.72. The van der Waals surface area contributed by atoms with E-state index < -0.39 is 29.9 Å². The standard InChI is InChI=1S/C14H10F2N2O3/c15-10-4-1-5-11(16)9(10)7-12(19)18-13-8(14(20)21)3-2-6-17-13/h1-6H,7H2,(H,20,21)(H,17,18,19). The van der Waals surface area contributed by atoms with Crippen LogP contribution in [0.15, 0.2) is 36.5 Å². The van der Waals surface area contributed by atoms with Gasteiger partial charge in [-0.05, 0) is 24.3 Å². The number of aromatic carboxylic acids is 1. The van der Waals surface area contributed by atoms with Gasteiger partial charge in [-0.2, -0.15) is 0 Å². The number of benzene rings is 1. The molecule has 0 aliphatic rings. The Hall–Kier alpha value is -2.83. The third kappa shape index (κ3) is 3.38. The third-order valence-electron chi connectivity index (χ3n) is 2.69. The molecule has 21 heavy (non-hydrogen) atoms. The molecule has 108 valence electrons. The first kappa shape index (κ1) is 14.6. The van der Waals surface area contributed by atoms with Gasteiger partial charge in [-0.15, -0.1) is 0 Å². The Morgan fingerprint density at radius 3 is 2.43 bits per heavy atom. The maximum absolute atomic E-state index is 13.4. The minimum absolute atomic E-state index is 0.174. The largest absolute Gasteiger partial charge is 0.478 e. The van der Waals surface area contributed by atoms with Crippen molar-refractivity contribution >= 4 is 17.7 Å². The summed E-state index contributed by atoms with van der Waals surface area (Å²) in [5.74, 6) is -3.89. The number of hydrogen-bond donors (Lipinski definition) is 2. The van der Waals surface area contributed by atoms with Gasteiger partial charge in [0.2, 0.25) is 5.91 Å². The molecule has 0 atom stereocenters. The van der Waals surface area contributed by atoms with Gasteiger partial charge in [0.15, 0.2) is 0 Å². The molecule has 1 aromatic heterocycles. The van der Waals surface area contributed by atoms with Crippen LogP contribution in [0.2, 0.25) is 0 Å². The maximum Gasteiger partial charge on any atom is 0.339 e. The van der Waals surface area contributed by atoms with E-state index >= 15 is 0 Å². The second-order valence-corrected chi connectivity index (χ2v) is 4.13. The van der Waals surface area contributed by atoms with Crippen LogP contribution >= 0.6 is 0 Å². The van der Waals surface area contributed by atoms with E-state index in [1.165, 1.54) is 24.4 Å². The first-order valence-electron chi connectivity index (χ1n) is 5.90. The van der Waals surface area contributed by atoms with Gasteiger partial charge in [-0.25, -0.2) is 18.6 Å². The van der Waals surface area contributed by atoms with Crippen LogP contribution in [-0.2, 0) is 11.2 Å². The summed E-state index contributed by atoms with van der Waals surface area (Å²) in [7, 11) is 0. The van der Waals surface area contributed by atoms with Crippen molar-refractivity contribution in [2.75, 3.05) is 5.32 Å². The molecule has 2 aromatic rings. The molecule has 1 heterocycles. The Bertz CT molecular complexity index is 684. The van der Waals surface area contributed by atoms with Crippen LogP contribution in [0.5, 0.6) is 0 Å². The van der Waals surface area contributed by atoms with Crippen molar-refractivity contribution in [3.8, 4) is 0 Å². The molecule has 0 saturated heterocycles. The van der Waals surface area contributed by atoms with Gasteiger partial charge < -0.3 is 10.4 Å². The van der Waals surface area contributed by atoms with Crippen molar-refractivity contribution < 1.29 is 23.5 Å². The average molecular weight is 292 g/mol. The van der Waals surface area contributed by atoms with Gasteiger partial charge in [-0.3, -0.25) is 4.79 Å². The van der Waals surface area contributed by atoms with Crippen LogP contribution in [0.3, 0.4) is 0 Å². The number of carboxylic acid groups (broad SMARTS) is 1. The smallest absolute Gasteiger partial charge is 0.339 e. The molecule has 0 spiro atoms. The molecule has 5 nitrogen and oxygen atoms in total. The molecule has 0 bridgehead atoms. The van der Waals surface area contributed by atoms with Gasteiger partial charge in [0.05, 0.1) is 6.42 Å². The topological polar surface area (TPSA) is 79.3 Å². The van der Waals surface area contributed by atoms with Crippen molar-refractivity contribution in [2.45, 2.75) is 6.42 Å². The number of anilines is 1. The zero-order valence-corrected chi connectivity index (χ0v) is 10.6. The number of carboxylic acids is 1. The summed E-state index contributed by atoms with van der Waals surface area (Å²) in [6, 6.07) is 5.92. The number of nitrogens with one attached hydrogen (secondary N) is 1. The summed E-state index contributed by atoms with van der Waals surface area (Å²) in [5, 5.41) is 11.2.